The van der Waals surface area contributed by atoms with E-state index in [4.69, 9.17) is 5.73 Å². The van der Waals surface area contributed by atoms with E-state index in [2.05, 4.69) is 20.8 Å². The molecule has 3 N–H and O–H groups in total. The molecule has 7 heteroatoms. The van der Waals surface area contributed by atoms with Gasteiger partial charge in [0, 0.05) is 0 Å². The topological polar surface area (TPSA) is 98.7 Å². The number of hydrogen-bond donors (Lipinski definition) is 2. The van der Waals surface area contributed by atoms with E-state index in [-0.39, 0.29) is 6.54 Å². The average Bonchev–Trinajstić information content (AvgIpc) is 2.78. The zero-order valence-corrected chi connectivity index (χ0v) is 9.08. The van der Waals surface area contributed by atoms with Crippen molar-refractivity contribution in [1.82, 2.24) is 25.5 Å². The van der Waals surface area contributed by atoms with Gasteiger partial charge in [0.05, 0.1) is 18.8 Å². The summed E-state index contributed by atoms with van der Waals surface area (Å²) in [5.74, 6) is 0.209. The third-order valence-corrected chi connectivity index (χ3v) is 2.12. The van der Waals surface area contributed by atoms with Gasteiger partial charge >= 0.3 is 0 Å². The van der Waals surface area contributed by atoms with Crippen molar-refractivity contribution in [2.45, 2.75) is 6.54 Å². The van der Waals surface area contributed by atoms with E-state index in [9.17, 15) is 4.79 Å². The Labute approximate surface area is 97.6 Å². The van der Waals surface area contributed by atoms with Crippen LogP contribution in [0.1, 0.15) is 5.82 Å². The minimum absolute atomic E-state index is 0.0989. The Hall–Kier alpha value is -2.28. The Kier molecular flexibility index (Phi) is 3.41. The van der Waals surface area contributed by atoms with E-state index >= 15 is 0 Å². The number of amides is 1. The van der Waals surface area contributed by atoms with Crippen LogP contribution in [0.2, 0.25) is 0 Å². The van der Waals surface area contributed by atoms with Crippen molar-refractivity contribution in [3.05, 3.63) is 36.2 Å². The largest absolute Gasteiger partial charge is 0.369 e. The van der Waals surface area contributed by atoms with Crippen LogP contribution in [0.15, 0.2) is 30.3 Å². The van der Waals surface area contributed by atoms with Crippen molar-refractivity contribution >= 4 is 5.91 Å². The summed E-state index contributed by atoms with van der Waals surface area (Å²) in [6, 6.07) is 9.51. The van der Waals surface area contributed by atoms with Gasteiger partial charge in [-0.25, -0.2) is 0 Å². The lowest BCUT2D eigenvalue weighted by Crippen LogP contribution is -2.29. The molecule has 1 aromatic carbocycles. The first kappa shape index (κ1) is 11.2. The molecule has 0 unspecified atom stereocenters. The highest BCUT2D eigenvalue weighted by Crippen LogP contribution is 2.06. The Morgan fingerprint density at radius 2 is 2.12 bits per heavy atom. The molecular formula is C10H12N6O. The molecule has 0 aliphatic heterocycles. The van der Waals surface area contributed by atoms with Crippen molar-refractivity contribution in [3.63, 3.8) is 0 Å². The normalized spacial score (nSPS) is 10.4. The molecule has 7 nitrogen and oxygen atoms in total. The molecule has 1 aromatic heterocycles. The molecule has 0 radical (unpaired) electrons. The van der Waals surface area contributed by atoms with Crippen molar-refractivity contribution in [3.8, 4) is 5.69 Å². The molecule has 2 rings (SSSR count). The second kappa shape index (κ2) is 5.17. The van der Waals surface area contributed by atoms with Gasteiger partial charge in [0.25, 0.3) is 0 Å². The summed E-state index contributed by atoms with van der Waals surface area (Å²) in [5.41, 5.74) is 5.89. The lowest BCUT2D eigenvalue weighted by molar-refractivity contribution is -0.117. The fraction of sp³-hybridized carbons (Fsp3) is 0.200. The predicted octanol–water partition coefficient (Wildman–Crippen LogP) is -0.763. The van der Waals surface area contributed by atoms with Gasteiger partial charge in [-0.3, -0.25) is 4.79 Å². The molecule has 1 amide bonds. The third kappa shape index (κ3) is 2.85. The highest BCUT2D eigenvalue weighted by atomic mass is 16.1. The summed E-state index contributed by atoms with van der Waals surface area (Å²) in [7, 11) is 0. The standard InChI is InChI=1S/C10H12N6O/c11-9(17)6-12-7-10-13-14-15-16(10)8-4-2-1-3-5-8/h1-5,12H,6-7H2,(H2,11,17). The molecule has 0 aliphatic rings. The Balaban J connectivity index is 2.10. The molecule has 0 spiro atoms. The number of nitrogens with two attached hydrogens (primary N) is 1. The van der Waals surface area contributed by atoms with Crippen LogP contribution in [0.5, 0.6) is 0 Å². The van der Waals surface area contributed by atoms with Gasteiger partial charge in [0.2, 0.25) is 5.91 Å². The maximum Gasteiger partial charge on any atom is 0.231 e. The van der Waals surface area contributed by atoms with Crippen molar-refractivity contribution < 1.29 is 4.79 Å². The van der Waals surface area contributed by atoms with E-state index < -0.39 is 5.91 Å². The van der Waals surface area contributed by atoms with Crippen LogP contribution in [-0.4, -0.2) is 32.7 Å². The number of hydrogen-bond acceptors (Lipinski definition) is 5. The minimum atomic E-state index is -0.413. The zero-order valence-electron chi connectivity index (χ0n) is 9.08. The van der Waals surface area contributed by atoms with Crippen LogP contribution in [0.3, 0.4) is 0 Å². The van der Waals surface area contributed by atoms with E-state index in [1.54, 1.807) is 4.68 Å². The third-order valence-electron chi connectivity index (χ3n) is 2.12. The van der Waals surface area contributed by atoms with Crippen LogP contribution >= 0.6 is 0 Å². The Morgan fingerprint density at radius 3 is 2.82 bits per heavy atom. The number of para-hydroxylation sites is 1. The SMILES string of the molecule is NC(=O)CNCc1nnnn1-c1ccccc1. The summed E-state index contributed by atoms with van der Waals surface area (Å²) in [5, 5.41) is 14.2. The van der Waals surface area contributed by atoms with E-state index in [1.807, 2.05) is 30.3 Å². The Bertz CT molecular complexity index is 495. The number of aromatic nitrogens is 4. The van der Waals surface area contributed by atoms with Crippen LogP contribution < -0.4 is 11.1 Å². The summed E-state index contributed by atoms with van der Waals surface area (Å²) in [4.78, 5) is 10.6. The van der Waals surface area contributed by atoms with Gasteiger partial charge in [0.15, 0.2) is 5.82 Å². The Morgan fingerprint density at radius 1 is 1.35 bits per heavy atom. The number of nitrogens with zero attached hydrogens (tertiary/aromatic N) is 4. The van der Waals surface area contributed by atoms with E-state index in [0.29, 0.717) is 12.4 Å². The monoisotopic (exact) mass is 232 g/mol. The summed E-state index contributed by atoms with van der Waals surface area (Å²) >= 11 is 0. The van der Waals surface area contributed by atoms with Crippen LogP contribution in [0.4, 0.5) is 0 Å². The number of benzene rings is 1. The van der Waals surface area contributed by atoms with Crippen LogP contribution in [0, 0.1) is 0 Å². The summed E-state index contributed by atoms with van der Waals surface area (Å²) in [6.07, 6.45) is 0. The maximum absolute atomic E-state index is 10.6. The van der Waals surface area contributed by atoms with Gasteiger partial charge in [0.1, 0.15) is 0 Å². The second-order valence-corrected chi connectivity index (χ2v) is 3.41. The maximum atomic E-state index is 10.6. The van der Waals surface area contributed by atoms with Crippen molar-refractivity contribution in [2.24, 2.45) is 5.73 Å². The molecule has 0 bridgehead atoms. The summed E-state index contributed by atoms with van der Waals surface area (Å²) in [6.45, 7) is 0.479. The molecule has 0 saturated carbocycles. The average molecular weight is 232 g/mol. The molecular weight excluding hydrogens is 220 g/mol. The van der Waals surface area contributed by atoms with Crippen LogP contribution in [-0.2, 0) is 11.3 Å². The number of nitrogens with one attached hydrogen (secondary N) is 1. The number of carbonyl (C=O) groups excluding carboxylic acids is 1. The molecule has 1 heterocycles. The molecule has 88 valence electrons. The van der Waals surface area contributed by atoms with Gasteiger partial charge in [-0.1, -0.05) is 18.2 Å². The lowest BCUT2D eigenvalue weighted by atomic mass is 10.3. The quantitative estimate of drug-likeness (QED) is 0.705. The minimum Gasteiger partial charge on any atom is -0.369 e. The fourth-order valence-electron chi connectivity index (χ4n) is 1.38. The highest BCUT2D eigenvalue weighted by Gasteiger charge is 2.07. The molecule has 2 aromatic rings. The summed E-state index contributed by atoms with van der Waals surface area (Å²) < 4.78 is 1.61. The van der Waals surface area contributed by atoms with Gasteiger partial charge < -0.3 is 11.1 Å². The first-order valence-corrected chi connectivity index (χ1v) is 5.09. The molecule has 0 atom stereocenters. The number of rotatable bonds is 5. The van der Waals surface area contributed by atoms with Gasteiger partial charge in [-0.15, -0.1) is 5.10 Å². The van der Waals surface area contributed by atoms with Crippen molar-refractivity contribution in [1.29, 1.82) is 0 Å². The second-order valence-electron chi connectivity index (χ2n) is 3.41. The highest BCUT2D eigenvalue weighted by molar-refractivity contribution is 5.75. The number of carbonyl (C=O) groups is 1. The number of tetrazole rings is 1. The first-order valence-electron chi connectivity index (χ1n) is 5.09. The zero-order chi connectivity index (χ0) is 12.1. The van der Waals surface area contributed by atoms with E-state index in [0.717, 1.165) is 5.69 Å². The first-order chi connectivity index (χ1) is 8.27. The smallest absolute Gasteiger partial charge is 0.231 e. The van der Waals surface area contributed by atoms with Crippen molar-refractivity contribution in [2.75, 3.05) is 6.54 Å². The molecule has 0 aliphatic carbocycles. The van der Waals surface area contributed by atoms with Gasteiger partial charge in [-0.2, -0.15) is 4.68 Å². The fourth-order valence-corrected chi connectivity index (χ4v) is 1.38. The molecule has 17 heavy (non-hydrogen) atoms. The van der Waals surface area contributed by atoms with E-state index in [1.165, 1.54) is 0 Å². The van der Waals surface area contributed by atoms with Crippen LogP contribution in [0.25, 0.3) is 5.69 Å². The predicted molar refractivity (Wildman–Crippen MR) is 60.1 cm³/mol. The lowest BCUT2D eigenvalue weighted by Gasteiger charge is -2.04. The molecule has 0 fully saturated rings. The number of primary amides is 1. The van der Waals surface area contributed by atoms with Gasteiger partial charge in [-0.05, 0) is 22.6 Å². The molecule has 0 saturated heterocycles.